The van der Waals surface area contributed by atoms with E-state index in [1.54, 1.807) is 30.3 Å². The van der Waals surface area contributed by atoms with Crippen LogP contribution in [0.1, 0.15) is 15.9 Å². The number of aromatic nitrogens is 1. The second-order valence-corrected chi connectivity index (χ2v) is 5.94. The lowest BCUT2D eigenvalue weighted by Crippen LogP contribution is -2.28. The van der Waals surface area contributed by atoms with Gasteiger partial charge in [0.05, 0.1) is 5.02 Å². The number of anilines is 1. The Labute approximate surface area is 160 Å². The molecule has 0 saturated carbocycles. The lowest BCUT2D eigenvalue weighted by molar-refractivity contribution is -0.124. The summed E-state index contributed by atoms with van der Waals surface area (Å²) >= 11 is 11.9. The zero-order valence-corrected chi connectivity index (χ0v) is 15.0. The zero-order chi connectivity index (χ0) is 18.9. The number of pyridine rings is 1. The fraction of sp³-hybridized carbons (Fsp3) is 0.118. The molecule has 0 radical (unpaired) electrons. The molecule has 0 unspecified atom stereocenters. The van der Waals surface area contributed by atoms with Gasteiger partial charge < -0.3 is 10.6 Å². The van der Waals surface area contributed by atoms with E-state index in [1.165, 1.54) is 17.8 Å². The van der Waals surface area contributed by atoms with E-state index in [0.717, 1.165) is 6.08 Å². The Hall–Kier alpha value is -2.61. The maximum atomic E-state index is 11.9. The van der Waals surface area contributed by atoms with Crippen LogP contribution < -0.4 is 16.1 Å². The zero-order valence-electron chi connectivity index (χ0n) is 13.5. The van der Waals surface area contributed by atoms with Gasteiger partial charge in [-0.2, -0.15) is 0 Å². The maximum Gasteiger partial charge on any atom is 0.267 e. The molecule has 136 valence electrons. The van der Waals surface area contributed by atoms with Crippen molar-refractivity contribution in [3.63, 3.8) is 0 Å². The predicted molar refractivity (Wildman–Crippen MR) is 100 cm³/mol. The number of nitrogens with zero attached hydrogens (tertiary/aromatic N) is 1. The number of hydrogen-bond donors (Lipinski definition) is 4. The minimum atomic E-state index is -0.653. The molecule has 4 N–H and O–H groups in total. The minimum Gasteiger partial charge on any atom is -0.367 e. The molecule has 2 aromatic rings. The van der Waals surface area contributed by atoms with Gasteiger partial charge in [-0.05, 0) is 42.0 Å². The third-order valence-electron chi connectivity index (χ3n) is 3.21. The van der Waals surface area contributed by atoms with Crippen LogP contribution in [0.25, 0.3) is 6.08 Å². The van der Waals surface area contributed by atoms with Crippen LogP contribution in [0.3, 0.4) is 0 Å². The van der Waals surface area contributed by atoms with E-state index in [9.17, 15) is 9.59 Å². The van der Waals surface area contributed by atoms with Crippen LogP contribution in [0.2, 0.25) is 10.0 Å². The molecule has 2 rings (SSSR count). The Kier molecular flexibility index (Phi) is 7.40. The van der Waals surface area contributed by atoms with Crippen molar-refractivity contribution in [1.82, 2.24) is 15.8 Å². The summed E-state index contributed by atoms with van der Waals surface area (Å²) in [7, 11) is 0. The summed E-state index contributed by atoms with van der Waals surface area (Å²) < 4.78 is 0. The second kappa shape index (κ2) is 9.76. The van der Waals surface area contributed by atoms with Crippen molar-refractivity contribution >= 4 is 46.9 Å². The van der Waals surface area contributed by atoms with Gasteiger partial charge in [0.15, 0.2) is 0 Å². The fourth-order valence-corrected chi connectivity index (χ4v) is 2.31. The van der Waals surface area contributed by atoms with E-state index in [-0.39, 0.29) is 5.91 Å². The van der Waals surface area contributed by atoms with E-state index in [1.807, 2.05) is 0 Å². The number of carbonyl (C=O) groups excluding carboxylic acids is 2. The summed E-state index contributed by atoms with van der Waals surface area (Å²) in [5, 5.41) is 15.1. The number of hydroxylamine groups is 1. The molecule has 0 aliphatic carbocycles. The van der Waals surface area contributed by atoms with Crippen LogP contribution >= 0.6 is 23.2 Å². The summed E-state index contributed by atoms with van der Waals surface area (Å²) in [6.07, 6.45) is 4.12. The first kappa shape index (κ1) is 19.7. The molecule has 0 saturated heterocycles. The topological polar surface area (TPSA) is 103 Å². The van der Waals surface area contributed by atoms with Crippen LogP contribution in [0.5, 0.6) is 0 Å². The molecular formula is C17H16Cl2N4O3. The van der Waals surface area contributed by atoms with Crippen molar-refractivity contribution in [2.75, 3.05) is 18.4 Å². The smallest absolute Gasteiger partial charge is 0.267 e. The van der Waals surface area contributed by atoms with Crippen molar-refractivity contribution in [3.05, 3.63) is 63.8 Å². The summed E-state index contributed by atoms with van der Waals surface area (Å²) in [4.78, 5) is 27.0. The molecule has 1 aromatic heterocycles. The third-order valence-corrected chi connectivity index (χ3v) is 3.75. The molecular weight excluding hydrogens is 379 g/mol. The molecule has 0 fully saturated rings. The van der Waals surface area contributed by atoms with Crippen LogP contribution in [0, 0.1) is 0 Å². The van der Waals surface area contributed by atoms with Gasteiger partial charge in [0, 0.05) is 35.9 Å². The highest BCUT2D eigenvalue weighted by atomic mass is 35.5. The van der Waals surface area contributed by atoms with Gasteiger partial charge in [0.1, 0.15) is 5.82 Å². The van der Waals surface area contributed by atoms with Gasteiger partial charge in [0.25, 0.3) is 11.8 Å². The standard InChI is InChI=1S/C17H16Cl2N4O3/c18-13-4-2-12(3-5-13)17(25)21-8-7-20-16-14(19)9-11(10-22-16)1-6-15(24)23-26/h1-6,9-10,26H,7-8H2,(H,20,22)(H,21,25)(H,23,24)/b6-1+. The molecule has 26 heavy (non-hydrogen) atoms. The Morgan fingerprint density at radius 3 is 2.54 bits per heavy atom. The molecule has 0 aliphatic rings. The van der Waals surface area contributed by atoms with Gasteiger partial charge >= 0.3 is 0 Å². The van der Waals surface area contributed by atoms with Crippen molar-refractivity contribution < 1.29 is 14.8 Å². The van der Waals surface area contributed by atoms with E-state index in [2.05, 4.69) is 15.6 Å². The summed E-state index contributed by atoms with van der Waals surface area (Å²) in [6, 6.07) is 8.21. The number of halogens is 2. The van der Waals surface area contributed by atoms with Gasteiger partial charge in [-0.25, -0.2) is 10.5 Å². The van der Waals surface area contributed by atoms with Crippen molar-refractivity contribution in [1.29, 1.82) is 0 Å². The van der Waals surface area contributed by atoms with Crippen molar-refractivity contribution in [3.8, 4) is 0 Å². The molecule has 1 heterocycles. The Bertz CT molecular complexity index is 810. The normalized spacial score (nSPS) is 10.6. The average molecular weight is 395 g/mol. The van der Waals surface area contributed by atoms with Gasteiger partial charge in [0.2, 0.25) is 0 Å². The summed E-state index contributed by atoms with van der Waals surface area (Å²) in [5.41, 5.74) is 2.61. The lowest BCUT2D eigenvalue weighted by atomic mass is 10.2. The molecule has 0 bridgehead atoms. The first-order valence-corrected chi connectivity index (χ1v) is 8.30. The van der Waals surface area contributed by atoms with Crippen LogP contribution in [0.15, 0.2) is 42.6 Å². The first-order valence-electron chi connectivity index (χ1n) is 7.55. The van der Waals surface area contributed by atoms with Crippen LogP contribution in [-0.4, -0.2) is 35.1 Å². The van der Waals surface area contributed by atoms with E-state index < -0.39 is 5.91 Å². The molecule has 9 heteroatoms. The number of rotatable bonds is 7. The number of carbonyl (C=O) groups is 2. The number of nitrogens with one attached hydrogen (secondary N) is 3. The lowest BCUT2D eigenvalue weighted by Gasteiger charge is -2.09. The van der Waals surface area contributed by atoms with Crippen LogP contribution in [0.4, 0.5) is 5.82 Å². The second-order valence-electron chi connectivity index (χ2n) is 5.10. The molecule has 0 aliphatic heterocycles. The fourth-order valence-electron chi connectivity index (χ4n) is 1.94. The van der Waals surface area contributed by atoms with E-state index in [0.29, 0.717) is 40.1 Å². The SMILES string of the molecule is O=C(/C=C/c1cnc(NCCNC(=O)c2ccc(Cl)cc2)c(Cl)c1)NO. The highest BCUT2D eigenvalue weighted by Crippen LogP contribution is 2.20. The maximum absolute atomic E-state index is 11.9. The molecule has 0 spiro atoms. The number of hydrogen-bond acceptors (Lipinski definition) is 5. The number of amides is 2. The van der Waals surface area contributed by atoms with Gasteiger partial charge in [-0.1, -0.05) is 23.2 Å². The number of benzene rings is 1. The largest absolute Gasteiger partial charge is 0.367 e. The molecule has 0 atom stereocenters. The minimum absolute atomic E-state index is 0.204. The molecule has 1 aromatic carbocycles. The molecule has 7 nitrogen and oxygen atoms in total. The van der Waals surface area contributed by atoms with E-state index in [4.69, 9.17) is 28.4 Å². The summed E-state index contributed by atoms with van der Waals surface area (Å²) in [5.74, 6) is -0.402. The van der Waals surface area contributed by atoms with Gasteiger partial charge in [-0.15, -0.1) is 0 Å². The molecule has 2 amide bonds. The average Bonchev–Trinajstić information content (AvgIpc) is 2.64. The highest BCUT2D eigenvalue weighted by molar-refractivity contribution is 6.33. The van der Waals surface area contributed by atoms with E-state index >= 15 is 0 Å². The van der Waals surface area contributed by atoms with Crippen molar-refractivity contribution in [2.24, 2.45) is 0 Å². The Morgan fingerprint density at radius 2 is 1.88 bits per heavy atom. The Balaban J connectivity index is 1.82. The first-order chi connectivity index (χ1) is 12.5. The monoisotopic (exact) mass is 394 g/mol. The quantitative estimate of drug-likeness (QED) is 0.250. The van der Waals surface area contributed by atoms with Crippen LogP contribution in [-0.2, 0) is 4.79 Å². The van der Waals surface area contributed by atoms with Gasteiger partial charge in [-0.3, -0.25) is 14.8 Å². The Morgan fingerprint density at radius 1 is 1.15 bits per heavy atom. The van der Waals surface area contributed by atoms with Crippen molar-refractivity contribution in [2.45, 2.75) is 0 Å². The third kappa shape index (κ3) is 6.03. The predicted octanol–water partition coefficient (Wildman–Crippen LogP) is 2.75. The summed E-state index contributed by atoms with van der Waals surface area (Å²) in [6.45, 7) is 0.798. The highest BCUT2D eigenvalue weighted by Gasteiger charge is 2.05.